The average Bonchev–Trinajstić information content (AvgIpc) is 2.50. The molecule has 4 N–H and O–H groups in total. The summed E-state index contributed by atoms with van der Waals surface area (Å²) in [5.41, 5.74) is 5.50. The van der Waals surface area contributed by atoms with Gasteiger partial charge in [-0.3, -0.25) is 0 Å². The summed E-state index contributed by atoms with van der Waals surface area (Å²) >= 11 is 2.05. The van der Waals surface area contributed by atoms with Crippen LogP contribution in [0.5, 0.6) is 0 Å². The molecule has 4 nitrogen and oxygen atoms in total. The number of hydrogen-bond acceptors (Lipinski definition) is 4. The van der Waals surface area contributed by atoms with Gasteiger partial charge >= 0.3 is 0 Å². The summed E-state index contributed by atoms with van der Waals surface area (Å²) in [6.07, 6.45) is 12.4. The molecule has 21 heavy (non-hydrogen) atoms. The lowest BCUT2D eigenvalue weighted by molar-refractivity contribution is 0.304. The molecular weight excluding hydrogens is 282 g/mol. The Kier molecular flexibility index (Phi) is 7.88. The van der Waals surface area contributed by atoms with Crippen LogP contribution < -0.4 is 11.1 Å². The van der Waals surface area contributed by atoms with Gasteiger partial charge in [0.15, 0.2) is 0 Å². The van der Waals surface area contributed by atoms with Crippen LogP contribution in [0.4, 0.5) is 0 Å². The SMILES string of the molecule is CSC1(CNCCCCC(C)(C)C(N)=NO)CCCCC1. The zero-order valence-corrected chi connectivity index (χ0v) is 14.8. The zero-order chi connectivity index (χ0) is 15.8. The Hall–Kier alpha value is -0.420. The van der Waals surface area contributed by atoms with Crippen molar-refractivity contribution in [2.24, 2.45) is 16.3 Å². The van der Waals surface area contributed by atoms with Gasteiger partial charge in [0, 0.05) is 16.7 Å². The minimum absolute atomic E-state index is 0.210. The maximum atomic E-state index is 8.76. The Morgan fingerprint density at radius 2 is 1.95 bits per heavy atom. The van der Waals surface area contributed by atoms with Gasteiger partial charge in [-0.2, -0.15) is 11.8 Å². The van der Waals surface area contributed by atoms with Gasteiger partial charge < -0.3 is 16.3 Å². The standard InChI is InChI=1S/C16H33N3OS/c1-15(2,14(17)19-20)9-7-8-12-18-13-16(21-3)10-5-4-6-11-16/h18,20H,4-13H2,1-3H3,(H2,17,19). The first kappa shape index (κ1) is 18.6. The van der Waals surface area contributed by atoms with Crippen LogP contribution in [-0.4, -0.2) is 35.1 Å². The molecule has 0 saturated heterocycles. The minimum Gasteiger partial charge on any atom is -0.409 e. The first-order valence-corrected chi connectivity index (χ1v) is 9.42. The molecule has 1 rings (SSSR count). The summed E-state index contributed by atoms with van der Waals surface area (Å²) in [6.45, 7) is 6.26. The number of amidine groups is 1. The Bertz CT molecular complexity index is 325. The normalized spacial score (nSPS) is 19.7. The van der Waals surface area contributed by atoms with Crippen LogP contribution in [-0.2, 0) is 0 Å². The third-order valence-corrected chi connectivity index (χ3v) is 6.27. The van der Waals surface area contributed by atoms with Crippen LogP contribution in [0, 0.1) is 5.41 Å². The fourth-order valence-electron chi connectivity index (χ4n) is 3.05. The Morgan fingerprint density at radius 3 is 2.52 bits per heavy atom. The topological polar surface area (TPSA) is 70.6 Å². The van der Waals surface area contributed by atoms with Gasteiger partial charge in [0.05, 0.1) is 0 Å². The second-order valence-corrected chi connectivity index (χ2v) is 8.23. The molecule has 0 aromatic carbocycles. The number of hydrogen-bond donors (Lipinski definition) is 3. The van der Waals surface area contributed by atoms with Crippen molar-refractivity contribution in [3.05, 3.63) is 0 Å². The van der Waals surface area contributed by atoms with Crippen LogP contribution in [0.15, 0.2) is 5.16 Å². The predicted octanol–water partition coefficient (Wildman–Crippen LogP) is 3.58. The average molecular weight is 316 g/mol. The number of nitrogens with zero attached hydrogens (tertiary/aromatic N) is 1. The molecule has 0 atom stereocenters. The highest BCUT2D eigenvalue weighted by atomic mass is 32.2. The van der Waals surface area contributed by atoms with E-state index >= 15 is 0 Å². The van der Waals surface area contributed by atoms with Crippen molar-refractivity contribution in [2.75, 3.05) is 19.3 Å². The van der Waals surface area contributed by atoms with E-state index in [2.05, 4.69) is 16.7 Å². The first-order chi connectivity index (χ1) is 9.96. The maximum Gasteiger partial charge on any atom is 0.144 e. The van der Waals surface area contributed by atoms with E-state index < -0.39 is 0 Å². The van der Waals surface area contributed by atoms with E-state index in [4.69, 9.17) is 10.9 Å². The van der Waals surface area contributed by atoms with E-state index in [9.17, 15) is 0 Å². The van der Waals surface area contributed by atoms with Crippen molar-refractivity contribution < 1.29 is 5.21 Å². The van der Waals surface area contributed by atoms with Gasteiger partial charge in [-0.05, 0) is 38.5 Å². The van der Waals surface area contributed by atoms with E-state index in [1.165, 1.54) is 32.1 Å². The highest BCUT2D eigenvalue weighted by Gasteiger charge is 2.30. The lowest BCUT2D eigenvalue weighted by Crippen LogP contribution is -2.39. The van der Waals surface area contributed by atoms with Gasteiger partial charge in [-0.15, -0.1) is 0 Å². The summed E-state index contributed by atoms with van der Waals surface area (Å²) in [7, 11) is 0. The third kappa shape index (κ3) is 6.07. The van der Waals surface area contributed by atoms with Crippen molar-refractivity contribution in [2.45, 2.75) is 70.0 Å². The Labute approximate surface area is 134 Å². The monoisotopic (exact) mass is 315 g/mol. The van der Waals surface area contributed by atoms with E-state index in [0.29, 0.717) is 10.6 Å². The van der Waals surface area contributed by atoms with E-state index in [-0.39, 0.29) is 5.41 Å². The van der Waals surface area contributed by atoms with E-state index in [1.54, 1.807) is 0 Å². The summed E-state index contributed by atoms with van der Waals surface area (Å²) in [5, 5.41) is 15.5. The molecular formula is C16H33N3OS. The molecule has 0 unspecified atom stereocenters. The third-order valence-electron chi connectivity index (χ3n) is 4.85. The Morgan fingerprint density at radius 1 is 1.29 bits per heavy atom. The van der Waals surface area contributed by atoms with Crippen molar-refractivity contribution >= 4 is 17.6 Å². The van der Waals surface area contributed by atoms with Gasteiger partial charge in [0.1, 0.15) is 5.84 Å². The molecule has 0 amide bonds. The molecule has 1 fully saturated rings. The molecule has 124 valence electrons. The fraction of sp³-hybridized carbons (Fsp3) is 0.938. The highest BCUT2D eigenvalue weighted by Crippen LogP contribution is 2.37. The first-order valence-electron chi connectivity index (χ1n) is 8.20. The van der Waals surface area contributed by atoms with Crippen LogP contribution >= 0.6 is 11.8 Å². The summed E-state index contributed by atoms with van der Waals surface area (Å²) in [5.74, 6) is 0.332. The summed E-state index contributed by atoms with van der Waals surface area (Å²) in [4.78, 5) is 0. The smallest absolute Gasteiger partial charge is 0.144 e. The molecule has 0 aliphatic heterocycles. The Balaban J connectivity index is 2.17. The van der Waals surface area contributed by atoms with Crippen LogP contribution in [0.1, 0.15) is 65.2 Å². The molecule has 0 bridgehead atoms. The van der Waals surface area contributed by atoms with Crippen LogP contribution in [0.2, 0.25) is 0 Å². The van der Waals surface area contributed by atoms with Gasteiger partial charge in [-0.1, -0.05) is 44.7 Å². The maximum absolute atomic E-state index is 8.76. The lowest BCUT2D eigenvalue weighted by atomic mass is 9.86. The molecule has 0 heterocycles. The number of unbranched alkanes of at least 4 members (excludes halogenated alkanes) is 1. The molecule has 0 spiro atoms. The fourth-order valence-corrected chi connectivity index (χ4v) is 3.99. The lowest BCUT2D eigenvalue weighted by Gasteiger charge is -2.36. The van der Waals surface area contributed by atoms with Gasteiger partial charge in [0.2, 0.25) is 0 Å². The summed E-state index contributed by atoms with van der Waals surface area (Å²) < 4.78 is 0.478. The minimum atomic E-state index is -0.210. The molecule has 1 aliphatic rings. The highest BCUT2D eigenvalue weighted by molar-refractivity contribution is 8.00. The zero-order valence-electron chi connectivity index (χ0n) is 14.0. The number of oxime groups is 1. The van der Waals surface area contributed by atoms with Gasteiger partial charge in [-0.25, -0.2) is 0 Å². The molecule has 1 saturated carbocycles. The predicted molar refractivity (Wildman–Crippen MR) is 93.2 cm³/mol. The number of rotatable bonds is 9. The number of nitrogens with two attached hydrogens (primary N) is 1. The second-order valence-electron chi connectivity index (χ2n) is 6.95. The molecule has 0 radical (unpaired) electrons. The van der Waals surface area contributed by atoms with Crippen molar-refractivity contribution in [3.63, 3.8) is 0 Å². The number of thioether (sulfide) groups is 1. The molecule has 0 aromatic rings. The largest absolute Gasteiger partial charge is 0.409 e. The molecule has 1 aliphatic carbocycles. The van der Waals surface area contributed by atoms with Crippen molar-refractivity contribution in [1.29, 1.82) is 0 Å². The summed E-state index contributed by atoms with van der Waals surface area (Å²) in [6, 6.07) is 0. The number of nitrogens with one attached hydrogen (secondary N) is 1. The van der Waals surface area contributed by atoms with E-state index in [0.717, 1.165) is 32.4 Å². The molecule has 0 aromatic heterocycles. The van der Waals surface area contributed by atoms with E-state index in [1.807, 2.05) is 25.6 Å². The van der Waals surface area contributed by atoms with Gasteiger partial charge in [0.25, 0.3) is 0 Å². The van der Waals surface area contributed by atoms with Crippen LogP contribution in [0.25, 0.3) is 0 Å². The van der Waals surface area contributed by atoms with Crippen LogP contribution in [0.3, 0.4) is 0 Å². The second kappa shape index (κ2) is 8.89. The van der Waals surface area contributed by atoms with Crippen molar-refractivity contribution in [1.82, 2.24) is 5.32 Å². The molecule has 5 heteroatoms. The van der Waals surface area contributed by atoms with Crippen molar-refractivity contribution in [3.8, 4) is 0 Å². The quantitative estimate of drug-likeness (QED) is 0.200.